The van der Waals surface area contributed by atoms with Crippen LogP contribution >= 0.6 is 0 Å². The zero-order valence-electron chi connectivity index (χ0n) is 14.8. The van der Waals surface area contributed by atoms with E-state index < -0.39 is 0 Å². The van der Waals surface area contributed by atoms with Crippen LogP contribution in [-0.2, 0) is 4.79 Å². The Kier molecular flexibility index (Phi) is 3.84. The lowest BCUT2D eigenvalue weighted by atomic mass is 9.72. The van der Waals surface area contributed by atoms with E-state index in [0.717, 1.165) is 28.8 Å². The van der Waals surface area contributed by atoms with E-state index in [1.807, 2.05) is 24.3 Å². The van der Waals surface area contributed by atoms with Gasteiger partial charge in [-0.05, 0) is 34.6 Å². The van der Waals surface area contributed by atoms with Crippen LogP contribution in [0.4, 0.5) is 0 Å². The molecule has 2 aliphatic rings. The lowest BCUT2D eigenvalue weighted by molar-refractivity contribution is -0.117. The monoisotopic (exact) mass is 329 g/mol. The second-order valence-electron chi connectivity index (χ2n) is 7.77. The number of Topliss-reactive ketones (excluding diaryl/α,β-unsaturated/α-hetero) is 1. The summed E-state index contributed by atoms with van der Waals surface area (Å²) in [4.78, 5) is 12.9. The highest BCUT2D eigenvalue weighted by molar-refractivity contribution is 6.12. The first-order valence-electron chi connectivity index (χ1n) is 8.89. The summed E-state index contributed by atoms with van der Waals surface area (Å²) in [6, 6.07) is 20.8. The van der Waals surface area contributed by atoms with Crippen molar-refractivity contribution < 1.29 is 4.79 Å². The molecule has 0 aromatic heterocycles. The molecule has 2 aromatic rings. The van der Waals surface area contributed by atoms with Gasteiger partial charge in [-0.15, -0.1) is 0 Å². The number of benzene rings is 2. The summed E-state index contributed by atoms with van der Waals surface area (Å²) in [5.74, 6) is 0.250. The Hall–Kier alpha value is -2.61. The standard InChI is InChI=1S/C23H23NO/c1-23(2)14-20-22(21(25)15-23)18(16-9-5-3-6-10-16)13-19(24-20)17-11-7-4-8-12-17/h3-13,19,24H,14-15H2,1-2H3/t19-/m0/s1. The van der Waals surface area contributed by atoms with Crippen molar-refractivity contribution in [1.82, 2.24) is 5.32 Å². The van der Waals surface area contributed by atoms with Crippen molar-refractivity contribution >= 4 is 11.4 Å². The van der Waals surface area contributed by atoms with E-state index in [1.165, 1.54) is 5.56 Å². The molecule has 0 unspecified atom stereocenters. The molecule has 126 valence electrons. The second kappa shape index (κ2) is 6.03. The molecule has 25 heavy (non-hydrogen) atoms. The van der Waals surface area contributed by atoms with Gasteiger partial charge in [-0.3, -0.25) is 4.79 Å². The highest BCUT2D eigenvalue weighted by Gasteiger charge is 2.37. The summed E-state index contributed by atoms with van der Waals surface area (Å²) in [7, 11) is 0. The number of hydrogen-bond acceptors (Lipinski definition) is 2. The van der Waals surface area contributed by atoms with Gasteiger partial charge < -0.3 is 5.32 Å². The minimum Gasteiger partial charge on any atom is -0.377 e. The molecule has 0 fully saturated rings. The molecule has 0 saturated carbocycles. The first-order valence-corrected chi connectivity index (χ1v) is 8.89. The number of rotatable bonds is 2. The Bertz CT molecular complexity index is 859. The van der Waals surface area contributed by atoms with Gasteiger partial charge in [0.25, 0.3) is 0 Å². The third-order valence-corrected chi connectivity index (χ3v) is 5.05. The number of carbonyl (C=O) groups excluding carboxylic acids is 1. The van der Waals surface area contributed by atoms with Crippen LogP contribution < -0.4 is 5.32 Å². The smallest absolute Gasteiger partial charge is 0.165 e. The summed E-state index contributed by atoms with van der Waals surface area (Å²) in [6.07, 6.45) is 3.72. The number of nitrogens with one attached hydrogen (secondary N) is 1. The fraction of sp³-hybridized carbons (Fsp3) is 0.261. The molecule has 0 bridgehead atoms. The van der Waals surface area contributed by atoms with Crippen molar-refractivity contribution in [2.75, 3.05) is 0 Å². The van der Waals surface area contributed by atoms with Gasteiger partial charge in [0, 0.05) is 17.7 Å². The molecular weight excluding hydrogens is 306 g/mol. The van der Waals surface area contributed by atoms with E-state index in [0.29, 0.717) is 6.42 Å². The van der Waals surface area contributed by atoms with Crippen LogP contribution in [0.3, 0.4) is 0 Å². The maximum absolute atomic E-state index is 12.9. The van der Waals surface area contributed by atoms with Crippen molar-refractivity contribution in [3.05, 3.63) is 89.1 Å². The van der Waals surface area contributed by atoms with Gasteiger partial charge in [-0.2, -0.15) is 0 Å². The molecule has 0 spiro atoms. The molecule has 4 rings (SSSR count). The van der Waals surface area contributed by atoms with Crippen LogP contribution in [0.25, 0.3) is 5.57 Å². The Balaban J connectivity index is 1.85. The molecule has 0 saturated heterocycles. The summed E-state index contributed by atoms with van der Waals surface area (Å²) < 4.78 is 0. The first kappa shape index (κ1) is 15.9. The van der Waals surface area contributed by atoms with Crippen LogP contribution in [0.2, 0.25) is 0 Å². The third kappa shape index (κ3) is 3.05. The molecule has 0 amide bonds. The zero-order chi connectivity index (χ0) is 17.4. The Morgan fingerprint density at radius 2 is 1.56 bits per heavy atom. The lowest BCUT2D eigenvalue weighted by Crippen LogP contribution is -2.35. The summed E-state index contributed by atoms with van der Waals surface area (Å²) in [6.45, 7) is 4.35. The lowest BCUT2D eigenvalue weighted by Gasteiger charge is -2.38. The number of ketones is 1. The molecule has 2 nitrogen and oxygen atoms in total. The van der Waals surface area contributed by atoms with Crippen LogP contribution in [0, 0.1) is 5.41 Å². The van der Waals surface area contributed by atoms with Crippen molar-refractivity contribution in [3.63, 3.8) is 0 Å². The Labute approximate surface area is 149 Å². The minimum atomic E-state index is 0.00327. The zero-order valence-corrected chi connectivity index (χ0v) is 14.8. The van der Waals surface area contributed by atoms with E-state index >= 15 is 0 Å². The summed E-state index contributed by atoms with van der Waals surface area (Å²) in [5, 5.41) is 3.64. The first-order chi connectivity index (χ1) is 12.0. The van der Waals surface area contributed by atoms with Crippen molar-refractivity contribution in [2.45, 2.75) is 32.7 Å². The highest BCUT2D eigenvalue weighted by atomic mass is 16.1. The van der Waals surface area contributed by atoms with Crippen LogP contribution in [0.5, 0.6) is 0 Å². The Morgan fingerprint density at radius 1 is 0.920 bits per heavy atom. The highest BCUT2D eigenvalue weighted by Crippen LogP contribution is 2.44. The van der Waals surface area contributed by atoms with Gasteiger partial charge in [-0.1, -0.05) is 74.5 Å². The normalized spacial score (nSPS) is 22.1. The van der Waals surface area contributed by atoms with Crippen LogP contribution in [-0.4, -0.2) is 5.78 Å². The van der Waals surface area contributed by atoms with Crippen molar-refractivity contribution in [2.24, 2.45) is 5.41 Å². The maximum Gasteiger partial charge on any atom is 0.165 e. The number of carbonyl (C=O) groups is 1. The van der Waals surface area contributed by atoms with E-state index in [4.69, 9.17) is 0 Å². The quantitative estimate of drug-likeness (QED) is 0.834. The van der Waals surface area contributed by atoms with Gasteiger partial charge in [0.15, 0.2) is 5.78 Å². The molecule has 1 heterocycles. The number of allylic oxidation sites excluding steroid dienone is 3. The topological polar surface area (TPSA) is 29.1 Å². The van der Waals surface area contributed by atoms with E-state index in [-0.39, 0.29) is 17.2 Å². The molecule has 1 aliphatic carbocycles. The van der Waals surface area contributed by atoms with Gasteiger partial charge in [0.1, 0.15) is 0 Å². The van der Waals surface area contributed by atoms with Crippen LogP contribution in [0.1, 0.15) is 43.9 Å². The van der Waals surface area contributed by atoms with Gasteiger partial charge in [0.05, 0.1) is 6.04 Å². The fourth-order valence-electron chi connectivity index (χ4n) is 3.93. The predicted octanol–water partition coefficient (Wildman–Crippen LogP) is 5.06. The van der Waals surface area contributed by atoms with Gasteiger partial charge >= 0.3 is 0 Å². The predicted molar refractivity (Wildman–Crippen MR) is 102 cm³/mol. The van der Waals surface area contributed by atoms with E-state index in [2.05, 4.69) is 61.6 Å². The SMILES string of the molecule is CC1(C)CC(=O)C2=C(C1)N[C@H](c1ccccc1)C=C2c1ccccc1. The van der Waals surface area contributed by atoms with Crippen molar-refractivity contribution in [3.8, 4) is 0 Å². The molecule has 2 heteroatoms. The van der Waals surface area contributed by atoms with Crippen molar-refractivity contribution in [1.29, 1.82) is 0 Å². The largest absolute Gasteiger partial charge is 0.377 e. The average Bonchev–Trinajstić information content (AvgIpc) is 2.61. The second-order valence-corrected chi connectivity index (χ2v) is 7.77. The number of dihydropyridines is 1. The Morgan fingerprint density at radius 3 is 2.24 bits per heavy atom. The molecular formula is C23H23NO. The molecule has 2 aromatic carbocycles. The van der Waals surface area contributed by atoms with E-state index in [9.17, 15) is 4.79 Å². The van der Waals surface area contributed by atoms with Crippen LogP contribution in [0.15, 0.2) is 78.0 Å². The fourth-order valence-corrected chi connectivity index (χ4v) is 3.93. The molecule has 1 N–H and O–H groups in total. The summed E-state index contributed by atoms with van der Waals surface area (Å²) in [5.41, 5.74) is 5.39. The minimum absolute atomic E-state index is 0.00327. The maximum atomic E-state index is 12.9. The van der Waals surface area contributed by atoms with E-state index in [1.54, 1.807) is 0 Å². The average molecular weight is 329 g/mol. The van der Waals surface area contributed by atoms with Gasteiger partial charge in [-0.25, -0.2) is 0 Å². The third-order valence-electron chi connectivity index (χ3n) is 5.05. The number of hydrogen-bond donors (Lipinski definition) is 1. The van der Waals surface area contributed by atoms with Gasteiger partial charge in [0.2, 0.25) is 0 Å². The molecule has 1 atom stereocenters. The molecule has 1 aliphatic heterocycles. The molecule has 0 radical (unpaired) electrons. The summed E-state index contributed by atoms with van der Waals surface area (Å²) >= 11 is 0.